The number of para-hydroxylation sites is 1. The van der Waals surface area contributed by atoms with Gasteiger partial charge in [-0.15, -0.1) is 0 Å². The number of carbonyl (C=O) groups is 2. The summed E-state index contributed by atoms with van der Waals surface area (Å²) in [6.45, 7) is 2.85. The molecule has 0 spiro atoms. The third-order valence-electron chi connectivity index (χ3n) is 4.27. The van der Waals surface area contributed by atoms with Gasteiger partial charge in [0.15, 0.2) is 0 Å². The summed E-state index contributed by atoms with van der Waals surface area (Å²) in [5.41, 5.74) is 1.55. The molecule has 2 aromatic rings. The predicted octanol–water partition coefficient (Wildman–Crippen LogP) is 2.42. The van der Waals surface area contributed by atoms with Crippen LogP contribution in [0.1, 0.15) is 10.4 Å². The summed E-state index contributed by atoms with van der Waals surface area (Å²) in [4.78, 5) is 28.5. The van der Waals surface area contributed by atoms with Crippen molar-refractivity contribution in [3.63, 3.8) is 0 Å². The number of hydrogen-bond donors (Lipinski definition) is 1. The molecule has 0 saturated carbocycles. The van der Waals surface area contributed by atoms with E-state index in [1.807, 2.05) is 18.2 Å². The third-order valence-corrected chi connectivity index (χ3v) is 4.60. The molecule has 2 aromatic carbocycles. The van der Waals surface area contributed by atoms with Crippen molar-refractivity contribution in [3.05, 3.63) is 65.2 Å². The molecule has 0 radical (unpaired) electrons. The summed E-state index contributed by atoms with van der Waals surface area (Å²) in [6, 6.07) is 16.9. The fourth-order valence-corrected chi connectivity index (χ4v) is 3.08. The van der Waals surface area contributed by atoms with Gasteiger partial charge in [0, 0.05) is 31.9 Å². The Morgan fingerprint density at radius 3 is 2.24 bits per heavy atom. The molecule has 0 atom stereocenters. The Hall–Kier alpha value is -2.53. The van der Waals surface area contributed by atoms with Crippen molar-refractivity contribution in [2.24, 2.45) is 0 Å². The number of rotatable bonds is 4. The van der Waals surface area contributed by atoms with E-state index in [4.69, 9.17) is 11.6 Å². The van der Waals surface area contributed by atoms with E-state index in [1.165, 1.54) is 5.69 Å². The Balaban J connectivity index is 1.48. The van der Waals surface area contributed by atoms with Crippen LogP contribution < -0.4 is 10.2 Å². The standard InChI is InChI=1S/C19H20ClN3O2/c20-17-9-5-4-8-16(17)19(25)21-14-18(24)23-12-10-22(11-13-23)15-6-2-1-3-7-15/h1-9H,10-14H2,(H,21,25). The minimum Gasteiger partial charge on any atom is -0.368 e. The van der Waals surface area contributed by atoms with Crippen molar-refractivity contribution in [2.75, 3.05) is 37.6 Å². The molecule has 1 N–H and O–H groups in total. The van der Waals surface area contributed by atoms with E-state index >= 15 is 0 Å². The molecular formula is C19H20ClN3O2. The number of nitrogens with zero attached hydrogens (tertiary/aromatic N) is 2. The number of piperazine rings is 1. The lowest BCUT2D eigenvalue weighted by molar-refractivity contribution is -0.130. The quantitative estimate of drug-likeness (QED) is 0.914. The van der Waals surface area contributed by atoms with E-state index < -0.39 is 0 Å². The molecule has 0 aromatic heterocycles. The number of benzene rings is 2. The molecule has 3 rings (SSSR count). The van der Waals surface area contributed by atoms with E-state index in [1.54, 1.807) is 29.2 Å². The van der Waals surface area contributed by atoms with Gasteiger partial charge in [0.1, 0.15) is 0 Å². The summed E-state index contributed by atoms with van der Waals surface area (Å²) < 4.78 is 0. The van der Waals surface area contributed by atoms with Gasteiger partial charge in [0.25, 0.3) is 5.91 Å². The Morgan fingerprint density at radius 2 is 1.56 bits per heavy atom. The molecule has 1 aliphatic rings. The molecule has 5 nitrogen and oxygen atoms in total. The highest BCUT2D eigenvalue weighted by molar-refractivity contribution is 6.33. The summed E-state index contributed by atoms with van der Waals surface area (Å²) in [5.74, 6) is -0.407. The topological polar surface area (TPSA) is 52.7 Å². The molecule has 1 heterocycles. The lowest BCUT2D eigenvalue weighted by atomic mass is 10.2. The zero-order chi connectivity index (χ0) is 17.6. The smallest absolute Gasteiger partial charge is 0.253 e. The minimum absolute atomic E-state index is 0.0185. The van der Waals surface area contributed by atoms with Crippen LogP contribution in [-0.2, 0) is 4.79 Å². The van der Waals surface area contributed by atoms with E-state index in [9.17, 15) is 9.59 Å². The van der Waals surface area contributed by atoms with Crippen molar-refractivity contribution in [3.8, 4) is 0 Å². The molecule has 2 amide bonds. The first-order valence-corrected chi connectivity index (χ1v) is 8.63. The molecule has 0 aliphatic carbocycles. The van der Waals surface area contributed by atoms with E-state index in [-0.39, 0.29) is 18.4 Å². The lowest BCUT2D eigenvalue weighted by Crippen LogP contribution is -2.51. The Morgan fingerprint density at radius 1 is 0.920 bits per heavy atom. The fourth-order valence-electron chi connectivity index (χ4n) is 2.86. The average molecular weight is 358 g/mol. The van der Waals surface area contributed by atoms with Crippen molar-refractivity contribution < 1.29 is 9.59 Å². The largest absolute Gasteiger partial charge is 0.368 e. The normalized spacial score (nSPS) is 14.3. The maximum absolute atomic E-state index is 12.3. The first kappa shape index (κ1) is 17.3. The van der Waals surface area contributed by atoms with E-state index in [2.05, 4.69) is 22.3 Å². The van der Waals surface area contributed by atoms with E-state index in [0.717, 1.165) is 13.1 Å². The van der Waals surface area contributed by atoms with Crippen LogP contribution in [0.25, 0.3) is 0 Å². The third kappa shape index (κ3) is 4.31. The van der Waals surface area contributed by atoms with Crippen LogP contribution in [0.4, 0.5) is 5.69 Å². The molecule has 1 saturated heterocycles. The highest BCUT2D eigenvalue weighted by Crippen LogP contribution is 2.16. The Labute approximate surface area is 152 Å². The monoisotopic (exact) mass is 357 g/mol. The number of amides is 2. The molecule has 6 heteroatoms. The first-order valence-electron chi connectivity index (χ1n) is 8.25. The molecule has 1 aliphatic heterocycles. The average Bonchev–Trinajstić information content (AvgIpc) is 2.67. The number of hydrogen-bond acceptors (Lipinski definition) is 3. The summed E-state index contributed by atoms with van der Waals surface area (Å²) in [6.07, 6.45) is 0. The second-order valence-corrected chi connectivity index (χ2v) is 6.27. The van der Waals surface area contributed by atoms with Crippen molar-refractivity contribution in [1.29, 1.82) is 0 Å². The van der Waals surface area contributed by atoms with E-state index in [0.29, 0.717) is 23.7 Å². The number of carbonyl (C=O) groups excluding carboxylic acids is 2. The van der Waals surface area contributed by atoms with Crippen LogP contribution in [0.5, 0.6) is 0 Å². The Kier molecular flexibility index (Phi) is 5.56. The van der Waals surface area contributed by atoms with Gasteiger partial charge in [-0.25, -0.2) is 0 Å². The SMILES string of the molecule is O=C(NCC(=O)N1CCN(c2ccccc2)CC1)c1ccccc1Cl. The van der Waals surface area contributed by atoms with Crippen LogP contribution in [0.3, 0.4) is 0 Å². The number of nitrogens with one attached hydrogen (secondary N) is 1. The van der Waals surface area contributed by atoms with Crippen LogP contribution >= 0.6 is 11.6 Å². The fraction of sp³-hybridized carbons (Fsp3) is 0.263. The van der Waals surface area contributed by atoms with Crippen molar-refractivity contribution in [2.45, 2.75) is 0 Å². The van der Waals surface area contributed by atoms with Gasteiger partial charge in [0.05, 0.1) is 17.1 Å². The summed E-state index contributed by atoms with van der Waals surface area (Å²) >= 11 is 6.00. The van der Waals surface area contributed by atoms with Crippen LogP contribution in [0, 0.1) is 0 Å². The maximum Gasteiger partial charge on any atom is 0.253 e. The maximum atomic E-state index is 12.3. The van der Waals surface area contributed by atoms with Crippen LogP contribution in [-0.4, -0.2) is 49.4 Å². The zero-order valence-corrected chi connectivity index (χ0v) is 14.6. The lowest BCUT2D eigenvalue weighted by Gasteiger charge is -2.36. The molecule has 1 fully saturated rings. The van der Waals surface area contributed by atoms with Gasteiger partial charge in [-0.05, 0) is 24.3 Å². The second-order valence-electron chi connectivity index (χ2n) is 5.87. The van der Waals surface area contributed by atoms with Gasteiger partial charge >= 0.3 is 0 Å². The van der Waals surface area contributed by atoms with Crippen molar-refractivity contribution >= 4 is 29.1 Å². The zero-order valence-electron chi connectivity index (χ0n) is 13.8. The van der Waals surface area contributed by atoms with Gasteiger partial charge in [-0.2, -0.15) is 0 Å². The minimum atomic E-state index is -0.332. The van der Waals surface area contributed by atoms with Gasteiger partial charge in [-0.3, -0.25) is 9.59 Å². The van der Waals surface area contributed by atoms with Gasteiger partial charge < -0.3 is 15.1 Å². The second kappa shape index (κ2) is 8.03. The first-order chi connectivity index (χ1) is 12.1. The molecule has 0 bridgehead atoms. The molecule has 130 valence electrons. The Bertz CT molecular complexity index is 743. The van der Waals surface area contributed by atoms with Crippen LogP contribution in [0.2, 0.25) is 5.02 Å². The van der Waals surface area contributed by atoms with Crippen molar-refractivity contribution in [1.82, 2.24) is 10.2 Å². The summed E-state index contributed by atoms with van der Waals surface area (Å²) in [7, 11) is 0. The van der Waals surface area contributed by atoms with Crippen LogP contribution in [0.15, 0.2) is 54.6 Å². The highest BCUT2D eigenvalue weighted by atomic mass is 35.5. The predicted molar refractivity (Wildman–Crippen MR) is 99.0 cm³/mol. The number of halogens is 1. The van der Waals surface area contributed by atoms with Gasteiger partial charge in [-0.1, -0.05) is 41.9 Å². The van der Waals surface area contributed by atoms with Gasteiger partial charge in [0.2, 0.25) is 5.91 Å². The number of anilines is 1. The summed E-state index contributed by atoms with van der Waals surface area (Å²) in [5, 5.41) is 3.03. The molecule has 25 heavy (non-hydrogen) atoms. The molecule has 0 unspecified atom stereocenters. The molecular weight excluding hydrogens is 338 g/mol. The highest BCUT2D eigenvalue weighted by Gasteiger charge is 2.21.